The van der Waals surface area contributed by atoms with Gasteiger partial charge in [-0.3, -0.25) is 0 Å². The highest BCUT2D eigenvalue weighted by Gasteiger charge is 2.43. The summed E-state index contributed by atoms with van der Waals surface area (Å²) in [4.78, 5) is 0. The minimum atomic E-state index is -1.44. The fourth-order valence-electron chi connectivity index (χ4n) is 2.16. The molecule has 1 saturated heterocycles. The van der Waals surface area contributed by atoms with E-state index in [1.54, 1.807) is 24.3 Å². The summed E-state index contributed by atoms with van der Waals surface area (Å²) in [7, 11) is 0. The highest BCUT2D eigenvalue weighted by Crippen LogP contribution is 2.22. The minimum absolute atomic E-state index is 0.175. The molecule has 21 heavy (non-hydrogen) atoms. The number of ether oxygens (including phenoxy) is 2. The number of phenols is 1. The SMILES string of the molecule is OC[C@H]1O[C@@H](OCCc2ccc(O)cc2)[C@H](O)C(O)[C@H]1O. The van der Waals surface area contributed by atoms with Crippen LogP contribution in [0.1, 0.15) is 5.56 Å². The highest BCUT2D eigenvalue weighted by atomic mass is 16.7. The first-order valence-electron chi connectivity index (χ1n) is 6.73. The number of rotatable bonds is 5. The van der Waals surface area contributed by atoms with E-state index in [-0.39, 0.29) is 12.4 Å². The average Bonchev–Trinajstić information content (AvgIpc) is 2.49. The van der Waals surface area contributed by atoms with Gasteiger partial charge in [0.1, 0.15) is 30.2 Å². The molecule has 0 aliphatic carbocycles. The van der Waals surface area contributed by atoms with E-state index in [1.807, 2.05) is 0 Å². The van der Waals surface area contributed by atoms with Gasteiger partial charge >= 0.3 is 0 Å². The predicted octanol–water partition coefficient (Wildman–Crippen LogP) is -1.25. The van der Waals surface area contributed by atoms with Crippen molar-refractivity contribution in [3.63, 3.8) is 0 Å². The smallest absolute Gasteiger partial charge is 0.186 e. The summed E-state index contributed by atoms with van der Waals surface area (Å²) in [5, 5.41) is 47.3. The monoisotopic (exact) mass is 300 g/mol. The average molecular weight is 300 g/mol. The Bertz CT molecular complexity index is 433. The van der Waals surface area contributed by atoms with Crippen LogP contribution in [0.2, 0.25) is 0 Å². The largest absolute Gasteiger partial charge is 0.508 e. The highest BCUT2D eigenvalue weighted by molar-refractivity contribution is 5.25. The van der Waals surface area contributed by atoms with Crippen LogP contribution in [-0.2, 0) is 15.9 Å². The quantitative estimate of drug-likeness (QED) is 0.461. The lowest BCUT2D eigenvalue weighted by Crippen LogP contribution is -2.59. The van der Waals surface area contributed by atoms with Gasteiger partial charge in [-0.2, -0.15) is 0 Å². The van der Waals surface area contributed by atoms with Crippen molar-refractivity contribution in [3.05, 3.63) is 29.8 Å². The molecule has 1 aliphatic rings. The van der Waals surface area contributed by atoms with Gasteiger partial charge in [0.25, 0.3) is 0 Å². The molecule has 2 rings (SSSR count). The third-order valence-corrected chi connectivity index (χ3v) is 3.46. The molecule has 1 fully saturated rings. The number of hydrogen-bond donors (Lipinski definition) is 5. The van der Waals surface area contributed by atoms with E-state index >= 15 is 0 Å². The lowest BCUT2D eigenvalue weighted by molar-refractivity contribution is -0.300. The van der Waals surface area contributed by atoms with Gasteiger partial charge in [0, 0.05) is 0 Å². The van der Waals surface area contributed by atoms with E-state index in [4.69, 9.17) is 14.6 Å². The van der Waals surface area contributed by atoms with Crippen molar-refractivity contribution in [3.8, 4) is 5.75 Å². The maximum Gasteiger partial charge on any atom is 0.186 e. The summed E-state index contributed by atoms with van der Waals surface area (Å²) in [6.07, 6.45) is -5.77. The van der Waals surface area contributed by atoms with Crippen LogP contribution in [0.4, 0.5) is 0 Å². The zero-order valence-corrected chi connectivity index (χ0v) is 11.4. The molecule has 0 aromatic heterocycles. The second-order valence-electron chi connectivity index (χ2n) is 4.98. The summed E-state index contributed by atoms with van der Waals surface area (Å²) in [6.45, 7) is -0.268. The first-order valence-corrected chi connectivity index (χ1v) is 6.73. The van der Waals surface area contributed by atoms with Gasteiger partial charge in [-0.1, -0.05) is 12.1 Å². The lowest BCUT2D eigenvalue weighted by atomic mass is 9.99. The second kappa shape index (κ2) is 7.17. The minimum Gasteiger partial charge on any atom is -0.508 e. The Hall–Kier alpha value is -1.22. The number of phenolic OH excluding ortho intramolecular Hbond substituents is 1. The Morgan fingerprint density at radius 1 is 1.00 bits per heavy atom. The van der Waals surface area contributed by atoms with Crippen LogP contribution in [0, 0.1) is 0 Å². The fourth-order valence-corrected chi connectivity index (χ4v) is 2.16. The number of aliphatic hydroxyl groups excluding tert-OH is 4. The van der Waals surface area contributed by atoms with E-state index in [2.05, 4.69) is 0 Å². The van der Waals surface area contributed by atoms with Gasteiger partial charge in [-0.15, -0.1) is 0 Å². The number of aliphatic hydroxyl groups is 4. The van der Waals surface area contributed by atoms with E-state index in [0.29, 0.717) is 6.42 Å². The number of benzene rings is 1. The molecule has 1 unspecified atom stereocenters. The molecule has 5 N–H and O–H groups in total. The molecule has 5 atom stereocenters. The Morgan fingerprint density at radius 3 is 2.29 bits per heavy atom. The summed E-state index contributed by atoms with van der Waals surface area (Å²) >= 11 is 0. The van der Waals surface area contributed by atoms with Crippen molar-refractivity contribution in [1.82, 2.24) is 0 Å². The number of hydrogen-bond acceptors (Lipinski definition) is 7. The topological polar surface area (TPSA) is 120 Å². The van der Waals surface area contributed by atoms with Crippen LogP contribution in [0.15, 0.2) is 24.3 Å². The maximum atomic E-state index is 9.78. The van der Waals surface area contributed by atoms with Crippen LogP contribution in [0.3, 0.4) is 0 Å². The van der Waals surface area contributed by atoms with E-state index in [9.17, 15) is 20.4 Å². The molecule has 7 heteroatoms. The van der Waals surface area contributed by atoms with Crippen LogP contribution in [-0.4, -0.2) is 69.5 Å². The predicted molar refractivity (Wildman–Crippen MR) is 71.5 cm³/mol. The summed E-state index contributed by atoms with van der Waals surface area (Å²) in [6, 6.07) is 6.60. The molecular formula is C14H20O7. The standard InChI is InChI=1S/C14H20O7/c15-7-10-11(17)12(18)13(19)14(21-10)20-6-5-8-1-3-9(16)4-2-8/h1-4,10-19H,5-7H2/t10-,11+,12?,13-,14-/m1/s1. The summed E-state index contributed by atoms with van der Waals surface area (Å²) in [5.74, 6) is 0.175. The van der Waals surface area contributed by atoms with Crippen molar-refractivity contribution >= 4 is 0 Å². The molecule has 0 bridgehead atoms. The number of aromatic hydroxyl groups is 1. The first-order chi connectivity index (χ1) is 10.0. The Kier molecular flexibility index (Phi) is 5.51. The molecule has 0 spiro atoms. The van der Waals surface area contributed by atoms with Crippen molar-refractivity contribution < 1.29 is 35.0 Å². The molecule has 0 amide bonds. The molecular weight excluding hydrogens is 280 g/mol. The van der Waals surface area contributed by atoms with Gasteiger partial charge in [0.05, 0.1) is 13.2 Å². The Morgan fingerprint density at radius 2 is 1.67 bits per heavy atom. The molecule has 118 valence electrons. The van der Waals surface area contributed by atoms with Crippen LogP contribution in [0.5, 0.6) is 5.75 Å². The molecule has 0 saturated carbocycles. The lowest BCUT2D eigenvalue weighted by Gasteiger charge is -2.39. The van der Waals surface area contributed by atoms with Crippen LogP contribution >= 0.6 is 0 Å². The van der Waals surface area contributed by atoms with Gasteiger partial charge in [0.15, 0.2) is 6.29 Å². The summed E-state index contributed by atoms with van der Waals surface area (Å²) < 4.78 is 10.6. The van der Waals surface area contributed by atoms with E-state index in [0.717, 1.165) is 5.56 Å². The fraction of sp³-hybridized carbons (Fsp3) is 0.571. The zero-order chi connectivity index (χ0) is 15.4. The first kappa shape index (κ1) is 16.2. The maximum absolute atomic E-state index is 9.78. The van der Waals surface area contributed by atoms with Crippen molar-refractivity contribution in [2.75, 3.05) is 13.2 Å². The Labute approximate surface area is 122 Å². The third-order valence-electron chi connectivity index (χ3n) is 3.46. The molecule has 1 aromatic rings. The second-order valence-corrected chi connectivity index (χ2v) is 4.98. The normalized spacial score (nSPS) is 33.0. The van der Waals surface area contributed by atoms with E-state index in [1.165, 1.54) is 0 Å². The molecule has 1 aliphatic heterocycles. The van der Waals surface area contributed by atoms with Crippen molar-refractivity contribution in [2.24, 2.45) is 0 Å². The van der Waals surface area contributed by atoms with Crippen molar-refractivity contribution in [1.29, 1.82) is 0 Å². The molecule has 0 radical (unpaired) electrons. The Balaban J connectivity index is 1.85. The van der Waals surface area contributed by atoms with Crippen LogP contribution < -0.4 is 0 Å². The van der Waals surface area contributed by atoms with Crippen LogP contribution in [0.25, 0.3) is 0 Å². The molecule has 7 nitrogen and oxygen atoms in total. The molecule has 1 aromatic carbocycles. The summed E-state index contributed by atoms with van der Waals surface area (Å²) in [5.41, 5.74) is 0.928. The molecule has 1 heterocycles. The van der Waals surface area contributed by atoms with Gasteiger partial charge < -0.3 is 35.0 Å². The van der Waals surface area contributed by atoms with Gasteiger partial charge in [-0.05, 0) is 24.1 Å². The van der Waals surface area contributed by atoms with Crippen molar-refractivity contribution in [2.45, 2.75) is 37.1 Å². The van der Waals surface area contributed by atoms with E-state index < -0.39 is 37.3 Å². The zero-order valence-electron chi connectivity index (χ0n) is 11.4. The third kappa shape index (κ3) is 3.91. The van der Waals surface area contributed by atoms with Gasteiger partial charge in [0.2, 0.25) is 0 Å². The van der Waals surface area contributed by atoms with Gasteiger partial charge in [-0.25, -0.2) is 0 Å².